The van der Waals surface area contributed by atoms with Crippen LogP contribution in [0.3, 0.4) is 0 Å². The number of rotatable bonds is 6. The minimum absolute atomic E-state index is 0.0353. The average Bonchev–Trinajstić information content (AvgIpc) is 2.47. The van der Waals surface area contributed by atoms with Crippen LogP contribution >= 0.6 is 0 Å². The molecule has 2 aromatic carbocycles. The fourth-order valence-corrected chi connectivity index (χ4v) is 2.90. The summed E-state index contributed by atoms with van der Waals surface area (Å²) in [5, 5.41) is 0. The molecule has 0 bridgehead atoms. The molecule has 6 heteroatoms. The number of hydrogen-bond acceptors (Lipinski definition) is 3. The van der Waals surface area contributed by atoms with Crippen LogP contribution in [0.5, 0.6) is 0 Å². The average molecular weight is 309 g/mol. The Morgan fingerprint density at radius 3 is 2.29 bits per heavy atom. The Bertz CT molecular complexity index is 699. The van der Waals surface area contributed by atoms with E-state index in [0.717, 1.165) is 23.3 Å². The number of hydrogen-bond donors (Lipinski definition) is 1. The maximum absolute atomic E-state index is 12.8. The Morgan fingerprint density at radius 1 is 1.05 bits per heavy atom. The number of ether oxygens (including phenoxy) is 1. The normalized spacial score (nSPS) is 11.5. The van der Waals surface area contributed by atoms with Gasteiger partial charge in [0.25, 0.3) is 0 Å². The zero-order valence-corrected chi connectivity index (χ0v) is 12.4. The molecule has 0 aliphatic rings. The molecular formula is C15H16FNO3S. The van der Waals surface area contributed by atoms with Gasteiger partial charge in [-0.1, -0.05) is 24.3 Å². The van der Waals surface area contributed by atoms with Gasteiger partial charge in [0.1, 0.15) is 5.82 Å². The lowest BCUT2D eigenvalue weighted by atomic mass is 10.1. The first-order chi connectivity index (χ1) is 10.0. The molecule has 0 saturated heterocycles. The minimum atomic E-state index is -3.66. The molecule has 0 aliphatic heterocycles. The number of methoxy groups -OCH3 is 1. The largest absolute Gasteiger partial charge is 0.380 e. The van der Waals surface area contributed by atoms with E-state index in [1.807, 2.05) is 24.3 Å². The molecule has 0 heterocycles. The van der Waals surface area contributed by atoms with E-state index < -0.39 is 15.8 Å². The summed E-state index contributed by atoms with van der Waals surface area (Å²) in [5.74, 6) is -0.473. The molecular weight excluding hydrogens is 293 g/mol. The first-order valence-corrected chi connectivity index (χ1v) is 7.82. The lowest BCUT2D eigenvalue weighted by Gasteiger charge is -2.10. The number of sulfonamides is 1. The fraction of sp³-hybridized carbons (Fsp3) is 0.200. The summed E-state index contributed by atoms with van der Waals surface area (Å²) in [5.41, 5.74) is 1.76. The van der Waals surface area contributed by atoms with Gasteiger partial charge in [-0.05, 0) is 35.4 Å². The van der Waals surface area contributed by atoms with Crippen molar-refractivity contribution in [2.45, 2.75) is 18.0 Å². The maximum atomic E-state index is 12.8. The molecule has 1 N–H and O–H groups in total. The molecule has 0 spiro atoms. The number of halogens is 1. The van der Waals surface area contributed by atoms with Gasteiger partial charge in [0, 0.05) is 13.7 Å². The highest BCUT2D eigenvalue weighted by molar-refractivity contribution is 7.89. The van der Waals surface area contributed by atoms with E-state index in [2.05, 4.69) is 4.72 Å². The third-order valence-electron chi connectivity index (χ3n) is 2.99. The quantitative estimate of drug-likeness (QED) is 0.892. The molecule has 21 heavy (non-hydrogen) atoms. The van der Waals surface area contributed by atoms with Crippen LogP contribution in [0.15, 0.2) is 53.4 Å². The minimum Gasteiger partial charge on any atom is -0.380 e. The third kappa shape index (κ3) is 4.10. The molecule has 2 rings (SSSR count). The van der Waals surface area contributed by atoms with E-state index in [1.54, 1.807) is 7.11 Å². The molecule has 0 amide bonds. The zero-order valence-electron chi connectivity index (χ0n) is 11.5. The summed E-state index contributed by atoms with van der Waals surface area (Å²) in [4.78, 5) is 0.0353. The van der Waals surface area contributed by atoms with E-state index in [-0.39, 0.29) is 11.4 Å². The van der Waals surface area contributed by atoms with Crippen molar-refractivity contribution in [3.8, 4) is 0 Å². The van der Waals surface area contributed by atoms with Gasteiger partial charge < -0.3 is 4.74 Å². The second kappa shape index (κ2) is 6.80. The summed E-state index contributed by atoms with van der Waals surface area (Å²) in [6.45, 7) is 0.563. The van der Waals surface area contributed by atoms with Crippen molar-refractivity contribution in [2.24, 2.45) is 0 Å². The van der Waals surface area contributed by atoms with Crippen LogP contribution < -0.4 is 4.72 Å². The van der Waals surface area contributed by atoms with Crippen molar-refractivity contribution in [3.63, 3.8) is 0 Å². The van der Waals surface area contributed by atoms with Crippen molar-refractivity contribution in [1.29, 1.82) is 0 Å². The van der Waals surface area contributed by atoms with Crippen LogP contribution in [0.1, 0.15) is 11.1 Å². The second-order valence-corrected chi connectivity index (χ2v) is 6.25. The van der Waals surface area contributed by atoms with Gasteiger partial charge in [0.15, 0.2) is 0 Å². The van der Waals surface area contributed by atoms with Gasteiger partial charge in [-0.25, -0.2) is 17.5 Å². The Morgan fingerprint density at radius 2 is 1.67 bits per heavy atom. The fourth-order valence-electron chi connectivity index (χ4n) is 1.90. The summed E-state index contributed by atoms with van der Waals surface area (Å²) in [6, 6.07) is 12.1. The molecule has 0 aromatic heterocycles. The molecule has 4 nitrogen and oxygen atoms in total. The topological polar surface area (TPSA) is 55.4 Å². The smallest absolute Gasteiger partial charge is 0.240 e. The highest BCUT2D eigenvalue weighted by Gasteiger charge is 2.14. The van der Waals surface area contributed by atoms with Gasteiger partial charge in [0.2, 0.25) is 10.0 Å². The Kier molecular flexibility index (Phi) is 5.06. The standard InChI is InChI=1S/C15H16FNO3S/c1-20-11-13-5-3-2-4-12(13)10-17-21(18,19)15-8-6-14(16)7-9-15/h2-9,17H,10-11H2,1H3. The summed E-state index contributed by atoms with van der Waals surface area (Å²) >= 11 is 0. The second-order valence-electron chi connectivity index (χ2n) is 4.48. The first-order valence-electron chi connectivity index (χ1n) is 6.34. The van der Waals surface area contributed by atoms with Crippen molar-refractivity contribution in [3.05, 3.63) is 65.5 Å². The SMILES string of the molecule is COCc1ccccc1CNS(=O)(=O)c1ccc(F)cc1. The number of nitrogens with one attached hydrogen (secondary N) is 1. The lowest BCUT2D eigenvalue weighted by molar-refractivity contribution is 0.184. The summed E-state index contributed by atoms with van der Waals surface area (Å²) in [6.07, 6.45) is 0. The van der Waals surface area contributed by atoms with E-state index in [9.17, 15) is 12.8 Å². The lowest BCUT2D eigenvalue weighted by Crippen LogP contribution is -2.23. The predicted molar refractivity (Wildman–Crippen MR) is 77.6 cm³/mol. The highest BCUT2D eigenvalue weighted by Crippen LogP contribution is 2.13. The Hall–Kier alpha value is -1.76. The van der Waals surface area contributed by atoms with Gasteiger partial charge in [-0.3, -0.25) is 0 Å². The Labute approximate surface area is 123 Å². The molecule has 0 saturated carbocycles. The van der Waals surface area contributed by atoms with Crippen LogP contribution in [0.25, 0.3) is 0 Å². The predicted octanol–water partition coefficient (Wildman–Crippen LogP) is 2.45. The van der Waals surface area contributed by atoms with Gasteiger partial charge in [0.05, 0.1) is 11.5 Å². The van der Waals surface area contributed by atoms with Crippen molar-refractivity contribution >= 4 is 10.0 Å². The van der Waals surface area contributed by atoms with Gasteiger partial charge in [-0.2, -0.15) is 0 Å². The van der Waals surface area contributed by atoms with Gasteiger partial charge >= 0.3 is 0 Å². The Balaban J connectivity index is 2.13. The van der Waals surface area contributed by atoms with Crippen molar-refractivity contribution in [1.82, 2.24) is 4.72 Å². The zero-order chi connectivity index (χ0) is 15.3. The molecule has 0 radical (unpaired) electrons. The van der Waals surface area contributed by atoms with E-state index in [0.29, 0.717) is 6.61 Å². The number of benzene rings is 2. The molecule has 0 atom stereocenters. The van der Waals surface area contributed by atoms with Gasteiger partial charge in [-0.15, -0.1) is 0 Å². The maximum Gasteiger partial charge on any atom is 0.240 e. The van der Waals surface area contributed by atoms with Crippen LogP contribution in [-0.4, -0.2) is 15.5 Å². The van der Waals surface area contributed by atoms with E-state index >= 15 is 0 Å². The van der Waals surface area contributed by atoms with E-state index in [1.165, 1.54) is 12.1 Å². The molecule has 2 aromatic rings. The first kappa shape index (κ1) is 15.6. The molecule has 112 valence electrons. The van der Waals surface area contributed by atoms with Crippen LogP contribution in [-0.2, 0) is 27.9 Å². The van der Waals surface area contributed by atoms with Crippen LogP contribution in [0, 0.1) is 5.82 Å². The molecule has 0 fully saturated rings. The van der Waals surface area contributed by atoms with Crippen LogP contribution in [0.2, 0.25) is 0 Å². The van der Waals surface area contributed by atoms with E-state index in [4.69, 9.17) is 4.74 Å². The molecule has 0 aliphatic carbocycles. The van der Waals surface area contributed by atoms with Crippen molar-refractivity contribution < 1.29 is 17.5 Å². The summed E-state index contributed by atoms with van der Waals surface area (Å²) < 4.78 is 44.7. The van der Waals surface area contributed by atoms with Crippen molar-refractivity contribution in [2.75, 3.05) is 7.11 Å². The van der Waals surface area contributed by atoms with Crippen LogP contribution in [0.4, 0.5) is 4.39 Å². The third-order valence-corrected chi connectivity index (χ3v) is 4.41. The molecule has 0 unspecified atom stereocenters. The highest BCUT2D eigenvalue weighted by atomic mass is 32.2. The monoisotopic (exact) mass is 309 g/mol. The summed E-state index contributed by atoms with van der Waals surface area (Å²) in [7, 11) is -2.08.